The number of rotatable bonds is 6. The van der Waals surface area contributed by atoms with Crippen LogP contribution < -0.4 is 11.1 Å². The predicted molar refractivity (Wildman–Crippen MR) is 84.0 cm³/mol. The first-order valence-electron chi connectivity index (χ1n) is 7.36. The van der Waals surface area contributed by atoms with Crippen molar-refractivity contribution in [2.45, 2.75) is 58.7 Å². The van der Waals surface area contributed by atoms with Crippen LogP contribution in [0.15, 0.2) is 5.38 Å². The van der Waals surface area contributed by atoms with E-state index in [1.165, 1.54) is 0 Å². The summed E-state index contributed by atoms with van der Waals surface area (Å²) in [6, 6.07) is 0.246. The van der Waals surface area contributed by atoms with Crippen LogP contribution in [0, 0.1) is 12.3 Å². The summed E-state index contributed by atoms with van der Waals surface area (Å²) < 4.78 is 5.77. The lowest BCUT2D eigenvalue weighted by atomic mass is 9.54. The number of nitrogens with one attached hydrogen (secondary N) is 1. The molecule has 3 unspecified atom stereocenters. The zero-order chi connectivity index (χ0) is 15.0. The van der Waals surface area contributed by atoms with Gasteiger partial charge >= 0.3 is 0 Å². The molecule has 0 saturated heterocycles. The number of aryl methyl sites for hydroxylation is 1. The minimum atomic E-state index is -0.201. The Kier molecular flexibility index (Phi) is 4.54. The van der Waals surface area contributed by atoms with Crippen LogP contribution in [-0.4, -0.2) is 29.8 Å². The van der Waals surface area contributed by atoms with Gasteiger partial charge in [0.05, 0.1) is 12.1 Å². The average Bonchev–Trinajstić information content (AvgIpc) is 2.82. The summed E-state index contributed by atoms with van der Waals surface area (Å²) in [5.74, 6) is 0. The van der Waals surface area contributed by atoms with E-state index in [1.807, 2.05) is 13.8 Å². The van der Waals surface area contributed by atoms with Gasteiger partial charge in [0.2, 0.25) is 0 Å². The van der Waals surface area contributed by atoms with Gasteiger partial charge in [-0.15, -0.1) is 11.3 Å². The first-order valence-corrected chi connectivity index (χ1v) is 8.24. The fourth-order valence-electron chi connectivity index (χ4n) is 2.80. The van der Waals surface area contributed by atoms with Crippen LogP contribution in [-0.2, 0) is 4.74 Å². The molecule has 1 fully saturated rings. The summed E-state index contributed by atoms with van der Waals surface area (Å²) in [5.41, 5.74) is 7.47. The summed E-state index contributed by atoms with van der Waals surface area (Å²) in [5, 5.41) is 6.76. The maximum Gasteiger partial charge on any atom is 0.110 e. The lowest BCUT2D eigenvalue weighted by Crippen LogP contribution is -2.73. The normalized spacial score (nSPS) is 30.0. The summed E-state index contributed by atoms with van der Waals surface area (Å²) in [6.45, 7) is 12.2. The third-order valence-electron chi connectivity index (χ3n) is 4.74. The first-order chi connectivity index (χ1) is 9.30. The number of ether oxygens (including phenoxy) is 1. The van der Waals surface area contributed by atoms with E-state index in [2.05, 4.69) is 36.5 Å². The fourth-order valence-corrected chi connectivity index (χ4v) is 3.63. The zero-order valence-corrected chi connectivity index (χ0v) is 14.0. The molecule has 4 nitrogen and oxygen atoms in total. The largest absolute Gasteiger partial charge is 0.378 e. The van der Waals surface area contributed by atoms with Crippen molar-refractivity contribution in [3.63, 3.8) is 0 Å². The molecule has 114 valence electrons. The highest BCUT2D eigenvalue weighted by Gasteiger charge is 2.58. The molecular weight excluding hydrogens is 270 g/mol. The number of nitrogens with two attached hydrogens (primary N) is 1. The average molecular weight is 297 g/mol. The molecule has 2 rings (SSSR count). The standard InChI is InChI=1S/C15H27N3OS/c1-6-19-12-7-15(16,14(12,4)5)9-17-11(3)13-18-10(2)8-20-13/h8,11-12,17H,6-7,9,16H2,1-5H3. The molecule has 1 heterocycles. The third-order valence-corrected chi connectivity index (χ3v) is 5.88. The molecule has 3 atom stereocenters. The van der Waals surface area contributed by atoms with Crippen molar-refractivity contribution in [1.82, 2.24) is 10.3 Å². The Morgan fingerprint density at radius 1 is 1.60 bits per heavy atom. The van der Waals surface area contributed by atoms with E-state index in [0.29, 0.717) is 0 Å². The predicted octanol–water partition coefficient (Wildman–Crippen LogP) is 2.63. The van der Waals surface area contributed by atoms with E-state index in [4.69, 9.17) is 10.5 Å². The SMILES string of the molecule is CCOC1CC(N)(CNC(C)c2nc(C)cs2)C1(C)C. The van der Waals surface area contributed by atoms with Gasteiger partial charge in [0.25, 0.3) is 0 Å². The zero-order valence-electron chi connectivity index (χ0n) is 13.2. The summed E-state index contributed by atoms with van der Waals surface area (Å²) >= 11 is 1.70. The van der Waals surface area contributed by atoms with Crippen LogP contribution in [0.4, 0.5) is 0 Å². The minimum absolute atomic E-state index is 0.00846. The van der Waals surface area contributed by atoms with Crippen LogP contribution >= 0.6 is 11.3 Å². The quantitative estimate of drug-likeness (QED) is 0.847. The van der Waals surface area contributed by atoms with Crippen molar-refractivity contribution < 1.29 is 4.74 Å². The Labute approximate surface area is 126 Å². The number of hydrogen-bond donors (Lipinski definition) is 2. The molecule has 20 heavy (non-hydrogen) atoms. The van der Waals surface area contributed by atoms with Crippen LogP contribution in [0.1, 0.15) is 50.9 Å². The maximum atomic E-state index is 6.57. The molecule has 1 aromatic rings. The van der Waals surface area contributed by atoms with Gasteiger partial charge in [-0.2, -0.15) is 0 Å². The van der Waals surface area contributed by atoms with E-state index in [-0.39, 0.29) is 23.1 Å². The molecule has 1 saturated carbocycles. The lowest BCUT2D eigenvalue weighted by Gasteiger charge is -2.59. The van der Waals surface area contributed by atoms with E-state index >= 15 is 0 Å². The van der Waals surface area contributed by atoms with Gasteiger partial charge < -0.3 is 15.8 Å². The monoisotopic (exact) mass is 297 g/mol. The smallest absolute Gasteiger partial charge is 0.110 e. The van der Waals surface area contributed by atoms with Crippen molar-refractivity contribution in [2.24, 2.45) is 11.1 Å². The minimum Gasteiger partial charge on any atom is -0.378 e. The molecular formula is C15H27N3OS. The van der Waals surface area contributed by atoms with Gasteiger partial charge in [-0.25, -0.2) is 4.98 Å². The molecule has 3 N–H and O–H groups in total. The topological polar surface area (TPSA) is 60.2 Å². The summed E-state index contributed by atoms with van der Waals surface area (Å²) in [6.07, 6.45) is 1.20. The Morgan fingerprint density at radius 3 is 2.80 bits per heavy atom. The molecule has 0 spiro atoms. The molecule has 1 aliphatic rings. The van der Waals surface area contributed by atoms with Crippen molar-refractivity contribution in [3.8, 4) is 0 Å². The van der Waals surface area contributed by atoms with E-state index < -0.39 is 0 Å². The van der Waals surface area contributed by atoms with Crippen LogP contribution in [0.2, 0.25) is 0 Å². The Morgan fingerprint density at radius 2 is 2.30 bits per heavy atom. The second-order valence-electron chi connectivity index (χ2n) is 6.46. The number of thiazole rings is 1. The van der Waals surface area contributed by atoms with Gasteiger partial charge in [0.1, 0.15) is 5.01 Å². The van der Waals surface area contributed by atoms with Crippen molar-refractivity contribution in [3.05, 3.63) is 16.1 Å². The molecule has 0 amide bonds. The van der Waals surface area contributed by atoms with Gasteiger partial charge in [-0.3, -0.25) is 0 Å². The Balaban J connectivity index is 1.91. The second-order valence-corrected chi connectivity index (χ2v) is 7.35. The van der Waals surface area contributed by atoms with Gasteiger partial charge in [0, 0.05) is 35.2 Å². The van der Waals surface area contributed by atoms with Crippen LogP contribution in [0.3, 0.4) is 0 Å². The second kappa shape index (κ2) is 5.72. The third kappa shape index (κ3) is 2.77. The number of nitrogens with zero attached hydrogens (tertiary/aromatic N) is 1. The number of hydrogen-bond acceptors (Lipinski definition) is 5. The molecule has 1 aliphatic carbocycles. The molecule has 0 aromatic carbocycles. The molecule has 5 heteroatoms. The van der Waals surface area contributed by atoms with Gasteiger partial charge in [-0.1, -0.05) is 13.8 Å². The molecule has 0 radical (unpaired) electrons. The lowest BCUT2D eigenvalue weighted by molar-refractivity contribution is -0.148. The van der Waals surface area contributed by atoms with E-state index in [1.54, 1.807) is 11.3 Å². The molecule has 0 aliphatic heterocycles. The Bertz CT molecular complexity index is 460. The number of aromatic nitrogens is 1. The van der Waals surface area contributed by atoms with E-state index in [9.17, 15) is 0 Å². The fraction of sp³-hybridized carbons (Fsp3) is 0.800. The highest BCUT2D eigenvalue weighted by atomic mass is 32.1. The van der Waals surface area contributed by atoms with Crippen LogP contribution in [0.25, 0.3) is 0 Å². The van der Waals surface area contributed by atoms with Gasteiger partial charge in [-0.05, 0) is 27.2 Å². The van der Waals surface area contributed by atoms with E-state index in [0.717, 1.165) is 30.3 Å². The highest BCUT2D eigenvalue weighted by molar-refractivity contribution is 7.09. The maximum absolute atomic E-state index is 6.57. The van der Waals surface area contributed by atoms with Crippen molar-refractivity contribution in [2.75, 3.05) is 13.2 Å². The van der Waals surface area contributed by atoms with Gasteiger partial charge in [0.15, 0.2) is 0 Å². The molecule has 1 aromatic heterocycles. The summed E-state index contributed by atoms with van der Waals surface area (Å²) in [7, 11) is 0. The first kappa shape index (κ1) is 15.9. The highest BCUT2D eigenvalue weighted by Crippen LogP contribution is 2.49. The Hall–Kier alpha value is -0.490. The van der Waals surface area contributed by atoms with Crippen molar-refractivity contribution in [1.29, 1.82) is 0 Å². The summed E-state index contributed by atoms with van der Waals surface area (Å²) in [4.78, 5) is 4.53. The van der Waals surface area contributed by atoms with Crippen LogP contribution in [0.5, 0.6) is 0 Å². The van der Waals surface area contributed by atoms with Crippen molar-refractivity contribution >= 4 is 11.3 Å². The molecule has 0 bridgehead atoms.